The van der Waals surface area contributed by atoms with E-state index < -0.39 is 0 Å². The Hall–Kier alpha value is -1.19. The van der Waals surface area contributed by atoms with Gasteiger partial charge in [0, 0.05) is 21.8 Å². The predicted molar refractivity (Wildman–Crippen MR) is 78.4 cm³/mol. The molecule has 0 atom stereocenters. The minimum absolute atomic E-state index is 0.0477. The number of hydrogen-bond donors (Lipinski definition) is 1. The summed E-state index contributed by atoms with van der Waals surface area (Å²) in [6.45, 7) is 2.58. The lowest BCUT2D eigenvalue weighted by Gasteiger charge is -2.07. The Balaban J connectivity index is 2.25. The molecule has 2 aromatic rings. The molecule has 2 nitrogen and oxygen atoms in total. The van der Waals surface area contributed by atoms with Gasteiger partial charge < -0.3 is 5.32 Å². The van der Waals surface area contributed by atoms with E-state index in [-0.39, 0.29) is 5.91 Å². The molecule has 2 aromatic carbocycles. The van der Waals surface area contributed by atoms with Gasteiger partial charge in [0.15, 0.2) is 0 Å². The molecule has 0 heterocycles. The summed E-state index contributed by atoms with van der Waals surface area (Å²) in [6, 6.07) is 11.8. The van der Waals surface area contributed by atoms with E-state index in [1.54, 1.807) is 0 Å². The Kier molecular flexibility index (Phi) is 4.50. The minimum atomic E-state index is 0.0477. The van der Waals surface area contributed by atoms with Crippen LogP contribution in [0.3, 0.4) is 0 Å². The molecule has 0 spiro atoms. The third kappa shape index (κ3) is 2.98. The number of thioether (sulfide) groups is 1. The average Bonchev–Trinajstić information content (AvgIpc) is 2.37. The van der Waals surface area contributed by atoms with E-state index in [0.717, 1.165) is 20.7 Å². The fraction of sp³-hybridized carbons (Fsp3) is 0.214. The van der Waals surface area contributed by atoms with Gasteiger partial charge in [-0.05, 0) is 24.4 Å². The van der Waals surface area contributed by atoms with Crippen molar-refractivity contribution in [1.29, 1.82) is 0 Å². The van der Waals surface area contributed by atoms with Gasteiger partial charge in [-0.25, -0.2) is 0 Å². The second-order valence-corrected chi connectivity index (χ2v) is 5.26. The van der Waals surface area contributed by atoms with Gasteiger partial charge in [-0.2, -0.15) is 0 Å². The summed E-state index contributed by atoms with van der Waals surface area (Å²) in [4.78, 5) is 12.5. The summed E-state index contributed by atoms with van der Waals surface area (Å²) >= 11 is 7.74. The third-order valence-electron chi connectivity index (χ3n) is 2.55. The van der Waals surface area contributed by atoms with Gasteiger partial charge in [0.05, 0.1) is 5.75 Å². The highest BCUT2D eigenvalue weighted by Gasteiger charge is 2.07. The van der Waals surface area contributed by atoms with Crippen LogP contribution in [0.2, 0.25) is 5.02 Å². The molecule has 0 aliphatic rings. The average molecular weight is 280 g/mol. The quantitative estimate of drug-likeness (QED) is 0.864. The maximum atomic E-state index is 11.5. The van der Waals surface area contributed by atoms with Crippen molar-refractivity contribution in [2.45, 2.75) is 11.8 Å². The summed E-state index contributed by atoms with van der Waals surface area (Å²) in [5.41, 5.74) is 0. The topological polar surface area (TPSA) is 29.1 Å². The highest BCUT2D eigenvalue weighted by atomic mass is 35.5. The molecule has 0 aliphatic carbocycles. The van der Waals surface area contributed by atoms with E-state index in [0.29, 0.717) is 12.3 Å². The molecule has 0 saturated heterocycles. The van der Waals surface area contributed by atoms with Crippen molar-refractivity contribution >= 4 is 40.0 Å². The minimum Gasteiger partial charge on any atom is -0.356 e. The lowest BCUT2D eigenvalue weighted by atomic mass is 10.1. The molecule has 0 unspecified atom stereocenters. The molecule has 0 aromatic heterocycles. The first-order valence-corrected chi connectivity index (χ1v) is 7.15. The van der Waals surface area contributed by atoms with E-state index in [1.165, 1.54) is 11.8 Å². The van der Waals surface area contributed by atoms with Gasteiger partial charge in [0.1, 0.15) is 0 Å². The number of benzene rings is 2. The van der Waals surface area contributed by atoms with Crippen molar-refractivity contribution in [1.82, 2.24) is 5.32 Å². The maximum Gasteiger partial charge on any atom is 0.230 e. The second kappa shape index (κ2) is 6.12. The Labute approximate surface area is 116 Å². The SMILES string of the molecule is CCNC(=O)CSc1cccc2cccc(Cl)c12. The number of halogens is 1. The number of rotatable bonds is 4. The van der Waals surface area contributed by atoms with Crippen molar-refractivity contribution in [3.05, 3.63) is 41.4 Å². The number of carbonyl (C=O) groups is 1. The van der Waals surface area contributed by atoms with Gasteiger partial charge in [0.25, 0.3) is 0 Å². The number of hydrogen-bond acceptors (Lipinski definition) is 2. The highest BCUT2D eigenvalue weighted by Crippen LogP contribution is 2.32. The number of amides is 1. The van der Waals surface area contributed by atoms with E-state index in [9.17, 15) is 4.79 Å². The van der Waals surface area contributed by atoms with Crippen LogP contribution in [-0.4, -0.2) is 18.2 Å². The van der Waals surface area contributed by atoms with Gasteiger partial charge in [-0.3, -0.25) is 4.79 Å². The molecule has 94 valence electrons. The van der Waals surface area contributed by atoms with Crippen LogP contribution < -0.4 is 5.32 Å². The van der Waals surface area contributed by atoms with Crippen LogP contribution in [0.15, 0.2) is 41.3 Å². The smallest absolute Gasteiger partial charge is 0.230 e. The molecule has 1 N–H and O–H groups in total. The highest BCUT2D eigenvalue weighted by molar-refractivity contribution is 8.00. The van der Waals surface area contributed by atoms with Crippen LogP contribution in [0.1, 0.15) is 6.92 Å². The molecule has 4 heteroatoms. The molecule has 0 bridgehead atoms. The number of carbonyl (C=O) groups excluding carboxylic acids is 1. The molecular weight excluding hydrogens is 266 g/mol. The normalized spacial score (nSPS) is 10.6. The monoisotopic (exact) mass is 279 g/mol. The summed E-state index contributed by atoms with van der Waals surface area (Å²) in [5.74, 6) is 0.463. The maximum absolute atomic E-state index is 11.5. The van der Waals surface area contributed by atoms with E-state index in [1.807, 2.05) is 43.3 Å². The summed E-state index contributed by atoms with van der Waals surface area (Å²) in [5, 5.41) is 5.64. The second-order valence-electron chi connectivity index (χ2n) is 3.84. The third-order valence-corrected chi connectivity index (χ3v) is 3.92. The zero-order valence-electron chi connectivity index (χ0n) is 10.1. The largest absolute Gasteiger partial charge is 0.356 e. The van der Waals surface area contributed by atoms with Gasteiger partial charge in [-0.15, -0.1) is 11.8 Å². The van der Waals surface area contributed by atoms with Crippen LogP contribution >= 0.6 is 23.4 Å². The standard InChI is InChI=1S/C14H14ClNOS/c1-2-16-13(17)9-18-12-8-4-6-10-5-3-7-11(15)14(10)12/h3-8H,2,9H2,1H3,(H,16,17). The van der Waals surface area contributed by atoms with Crippen LogP contribution in [0, 0.1) is 0 Å². The van der Waals surface area contributed by atoms with Crippen molar-refractivity contribution in [3.63, 3.8) is 0 Å². The van der Waals surface area contributed by atoms with Crippen LogP contribution in [0.25, 0.3) is 10.8 Å². The van der Waals surface area contributed by atoms with Gasteiger partial charge in [0.2, 0.25) is 5.91 Å². The molecular formula is C14H14ClNOS. The summed E-state index contributed by atoms with van der Waals surface area (Å²) in [6.07, 6.45) is 0. The molecule has 18 heavy (non-hydrogen) atoms. The summed E-state index contributed by atoms with van der Waals surface area (Å²) < 4.78 is 0. The molecule has 1 amide bonds. The van der Waals surface area contributed by atoms with Crippen LogP contribution in [-0.2, 0) is 4.79 Å². The van der Waals surface area contributed by atoms with Gasteiger partial charge in [-0.1, -0.05) is 35.9 Å². The fourth-order valence-corrected chi connectivity index (χ4v) is 3.05. The molecule has 0 radical (unpaired) electrons. The Morgan fingerprint density at radius 3 is 2.72 bits per heavy atom. The number of fused-ring (bicyclic) bond motifs is 1. The first-order valence-electron chi connectivity index (χ1n) is 5.79. The Morgan fingerprint density at radius 2 is 2.00 bits per heavy atom. The molecule has 0 fully saturated rings. The molecule has 0 saturated carbocycles. The summed E-state index contributed by atoms with van der Waals surface area (Å²) in [7, 11) is 0. The number of nitrogens with one attached hydrogen (secondary N) is 1. The molecule has 2 rings (SSSR count). The zero-order valence-corrected chi connectivity index (χ0v) is 11.6. The molecule has 0 aliphatic heterocycles. The first-order chi connectivity index (χ1) is 8.72. The van der Waals surface area contributed by atoms with Crippen LogP contribution in [0.4, 0.5) is 0 Å². The lowest BCUT2D eigenvalue weighted by molar-refractivity contribution is -0.118. The van der Waals surface area contributed by atoms with Crippen molar-refractivity contribution in [3.8, 4) is 0 Å². The van der Waals surface area contributed by atoms with Crippen molar-refractivity contribution in [2.75, 3.05) is 12.3 Å². The Morgan fingerprint density at radius 1 is 1.28 bits per heavy atom. The zero-order chi connectivity index (χ0) is 13.0. The van der Waals surface area contributed by atoms with Crippen LogP contribution in [0.5, 0.6) is 0 Å². The lowest BCUT2D eigenvalue weighted by Crippen LogP contribution is -2.24. The fourth-order valence-electron chi connectivity index (χ4n) is 1.77. The van der Waals surface area contributed by atoms with Crippen molar-refractivity contribution < 1.29 is 4.79 Å². The van der Waals surface area contributed by atoms with Crippen molar-refractivity contribution in [2.24, 2.45) is 0 Å². The van der Waals surface area contributed by atoms with E-state index in [4.69, 9.17) is 11.6 Å². The predicted octanol–water partition coefficient (Wildman–Crippen LogP) is 3.72. The van der Waals surface area contributed by atoms with E-state index >= 15 is 0 Å². The first kappa shape index (κ1) is 13.2. The van der Waals surface area contributed by atoms with E-state index in [2.05, 4.69) is 5.32 Å². The Bertz CT molecular complexity index is 565. The van der Waals surface area contributed by atoms with Gasteiger partial charge >= 0.3 is 0 Å².